The molecule has 34 heavy (non-hydrogen) atoms. The van der Waals surface area contributed by atoms with Crippen LogP contribution in [-0.4, -0.2) is 50.9 Å². The predicted octanol–water partition coefficient (Wildman–Crippen LogP) is 3.46. The SMILES string of the molecule is COC(=O)C(C=NCc1ccc(OC)cc1)(NCc1ccc(OC)cc1)NC(=O)OC(C)(C)C. The Kier molecular flexibility index (Phi) is 9.44. The molecular formula is C25H33N3O6. The van der Waals surface area contributed by atoms with E-state index in [4.69, 9.17) is 18.9 Å². The van der Waals surface area contributed by atoms with E-state index >= 15 is 0 Å². The quantitative estimate of drug-likeness (QED) is 0.310. The van der Waals surface area contributed by atoms with Crippen LogP contribution in [0.1, 0.15) is 31.9 Å². The van der Waals surface area contributed by atoms with Crippen molar-refractivity contribution in [1.82, 2.24) is 10.6 Å². The highest BCUT2D eigenvalue weighted by Gasteiger charge is 2.41. The summed E-state index contributed by atoms with van der Waals surface area (Å²) in [6, 6.07) is 14.7. The number of nitrogens with zero attached hydrogens (tertiary/aromatic N) is 1. The minimum absolute atomic E-state index is 0.226. The van der Waals surface area contributed by atoms with Gasteiger partial charge in [-0.15, -0.1) is 0 Å². The minimum Gasteiger partial charge on any atom is -0.497 e. The third kappa shape index (κ3) is 8.08. The summed E-state index contributed by atoms with van der Waals surface area (Å²) in [4.78, 5) is 29.9. The lowest BCUT2D eigenvalue weighted by Gasteiger charge is -2.31. The molecule has 0 heterocycles. The third-order valence-corrected chi connectivity index (χ3v) is 4.65. The van der Waals surface area contributed by atoms with E-state index in [0.717, 1.165) is 16.9 Å². The molecule has 2 aromatic carbocycles. The van der Waals surface area contributed by atoms with Crippen LogP contribution < -0.4 is 20.1 Å². The van der Waals surface area contributed by atoms with Gasteiger partial charge in [-0.1, -0.05) is 24.3 Å². The van der Waals surface area contributed by atoms with E-state index in [1.165, 1.54) is 13.3 Å². The van der Waals surface area contributed by atoms with E-state index in [9.17, 15) is 9.59 Å². The maximum atomic E-state index is 12.9. The van der Waals surface area contributed by atoms with E-state index < -0.39 is 23.3 Å². The Morgan fingerprint density at radius 2 is 1.41 bits per heavy atom. The minimum atomic E-state index is -1.76. The van der Waals surface area contributed by atoms with Crippen molar-refractivity contribution in [2.45, 2.75) is 45.1 Å². The number of benzene rings is 2. The molecule has 0 aliphatic carbocycles. The molecule has 1 atom stereocenters. The number of esters is 1. The van der Waals surface area contributed by atoms with Gasteiger partial charge in [0.2, 0.25) is 5.66 Å². The van der Waals surface area contributed by atoms with Crippen LogP contribution in [-0.2, 0) is 27.4 Å². The molecule has 2 rings (SSSR count). The number of ether oxygens (including phenoxy) is 4. The zero-order valence-electron chi connectivity index (χ0n) is 20.5. The van der Waals surface area contributed by atoms with E-state index in [-0.39, 0.29) is 13.1 Å². The summed E-state index contributed by atoms with van der Waals surface area (Å²) in [6.45, 7) is 5.69. The number of rotatable bonds is 10. The van der Waals surface area contributed by atoms with Gasteiger partial charge in [0.1, 0.15) is 17.1 Å². The van der Waals surface area contributed by atoms with Gasteiger partial charge in [-0.25, -0.2) is 9.59 Å². The maximum absolute atomic E-state index is 12.9. The Morgan fingerprint density at radius 1 is 0.882 bits per heavy atom. The van der Waals surface area contributed by atoms with Crippen LogP contribution in [0.25, 0.3) is 0 Å². The summed E-state index contributed by atoms with van der Waals surface area (Å²) in [5.74, 6) is 0.686. The standard InChI is InChI=1S/C25H33N3O6/c1-24(2,3)34-23(30)28-25(22(29)33-6,27-16-19-9-13-21(32-5)14-10-19)17-26-15-18-7-11-20(31-4)12-8-18/h7-14,17,27H,15-16H2,1-6H3,(H,28,30). The Morgan fingerprint density at radius 3 is 1.88 bits per heavy atom. The van der Waals surface area contributed by atoms with E-state index in [0.29, 0.717) is 5.75 Å². The van der Waals surface area contributed by atoms with Gasteiger partial charge in [0.15, 0.2) is 0 Å². The molecule has 1 amide bonds. The molecule has 1 unspecified atom stereocenters. The van der Waals surface area contributed by atoms with Crippen molar-refractivity contribution >= 4 is 18.3 Å². The number of aliphatic imine (C=N–C) groups is 1. The number of methoxy groups -OCH3 is 3. The Balaban J connectivity index is 2.30. The Labute approximate surface area is 200 Å². The highest BCUT2D eigenvalue weighted by Crippen LogP contribution is 2.15. The summed E-state index contributed by atoms with van der Waals surface area (Å²) < 4.78 is 20.7. The summed E-state index contributed by atoms with van der Waals surface area (Å²) in [5.41, 5.74) is -0.780. The van der Waals surface area contributed by atoms with Gasteiger partial charge in [0, 0.05) is 6.54 Å². The molecule has 0 bridgehead atoms. The van der Waals surface area contributed by atoms with Crippen molar-refractivity contribution in [2.24, 2.45) is 4.99 Å². The lowest BCUT2D eigenvalue weighted by Crippen LogP contribution is -2.66. The highest BCUT2D eigenvalue weighted by atomic mass is 16.6. The topological polar surface area (TPSA) is 107 Å². The molecule has 0 fully saturated rings. The molecule has 2 N–H and O–H groups in total. The number of hydrogen-bond acceptors (Lipinski definition) is 8. The van der Waals surface area contributed by atoms with Crippen molar-refractivity contribution in [3.05, 3.63) is 59.7 Å². The first kappa shape index (κ1) is 26.7. The first-order chi connectivity index (χ1) is 16.1. The first-order valence-corrected chi connectivity index (χ1v) is 10.7. The van der Waals surface area contributed by atoms with E-state index in [2.05, 4.69) is 15.6 Å². The van der Waals surface area contributed by atoms with Gasteiger partial charge in [0.25, 0.3) is 0 Å². The fraction of sp³-hybridized carbons (Fsp3) is 0.400. The van der Waals surface area contributed by atoms with E-state index in [1.54, 1.807) is 47.1 Å². The van der Waals surface area contributed by atoms with Crippen molar-refractivity contribution < 1.29 is 28.5 Å². The van der Waals surface area contributed by atoms with Crippen molar-refractivity contribution in [3.8, 4) is 11.5 Å². The van der Waals surface area contributed by atoms with Gasteiger partial charge in [-0.2, -0.15) is 0 Å². The molecule has 0 spiro atoms. The highest BCUT2D eigenvalue weighted by molar-refractivity contribution is 6.02. The second-order valence-corrected chi connectivity index (χ2v) is 8.45. The first-order valence-electron chi connectivity index (χ1n) is 10.7. The number of nitrogens with one attached hydrogen (secondary N) is 2. The molecule has 0 saturated heterocycles. The van der Waals surface area contributed by atoms with Gasteiger partial charge in [-0.05, 0) is 56.2 Å². The average molecular weight is 472 g/mol. The Hall–Kier alpha value is -3.59. The number of hydrogen-bond donors (Lipinski definition) is 2. The smallest absolute Gasteiger partial charge is 0.409 e. The van der Waals surface area contributed by atoms with Crippen molar-refractivity contribution in [1.29, 1.82) is 0 Å². The van der Waals surface area contributed by atoms with Crippen LogP contribution >= 0.6 is 0 Å². The molecule has 9 heteroatoms. The molecule has 0 radical (unpaired) electrons. The second kappa shape index (κ2) is 12.0. The number of carbonyl (C=O) groups excluding carboxylic acids is 2. The Bertz CT molecular complexity index is 968. The van der Waals surface area contributed by atoms with Gasteiger partial charge < -0.3 is 18.9 Å². The average Bonchev–Trinajstić information content (AvgIpc) is 2.81. The van der Waals surface area contributed by atoms with Crippen LogP contribution in [0.4, 0.5) is 4.79 Å². The van der Waals surface area contributed by atoms with Gasteiger partial charge >= 0.3 is 12.1 Å². The molecule has 0 aromatic heterocycles. The van der Waals surface area contributed by atoms with Gasteiger partial charge in [0.05, 0.1) is 34.1 Å². The normalized spacial score (nSPS) is 13.1. The van der Waals surface area contributed by atoms with Crippen molar-refractivity contribution in [3.63, 3.8) is 0 Å². The van der Waals surface area contributed by atoms with Crippen LogP contribution in [0.15, 0.2) is 53.5 Å². The lowest BCUT2D eigenvalue weighted by atomic mass is 10.1. The molecule has 9 nitrogen and oxygen atoms in total. The fourth-order valence-electron chi connectivity index (χ4n) is 2.93. The van der Waals surface area contributed by atoms with Crippen molar-refractivity contribution in [2.75, 3.05) is 21.3 Å². The molecular weight excluding hydrogens is 438 g/mol. The second-order valence-electron chi connectivity index (χ2n) is 8.45. The summed E-state index contributed by atoms with van der Waals surface area (Å²) >= 11 is 0. The monoisotopic (exact) mass is 471 g/mol. The molecule has 0 saturated carbocycles. The van der Waals surface area contributed by atoms with Crippen LogP contribution in [0.2, 0.25) is 0 Å². The van der Waals surface area contributed by atoms with Crippen LogP contribution in [0.5, 0.6) is 11.5 Å². The third-order valence-electron chi connectivity index (χ3n) is 4.65. The largest absolute Gasteiger partial charge is 0.497 e. The number of amides is 1. The lowest BCUT2D eigenvalue weighted by molar-refractivity contribution is -0.146. The maximum Gasteiger partial charge on any atom is 0.409 e. The summed E-state index contributed by atoms with van der Waals surface area (Å²) in [5, 5.41) is 5.66. The number of carbonyl (C=O) groups is 2. The van der Waals surface area contributed by atoms with Crippen LogP contribution in [0.3, 0.4) is 0 Å². The predicted molar refractivity (Wildman–Crippen MR) is 129 cm³/mol. The van der Waals surface area contributed by atoms with Crippen LogP contribution in [0, 0.1) is 0 Å². The van der Waals surface area contributed by atoms with E-state index in [1.807, 2.05) is 36.4 Å². The zero-order chi connectivity index (χ0) is 25.2. The molecule has 0 aliphatic rings. The summed E-state index contributed by atoms with van der Waals surface area (Å²) in [7, 11) is 4.41. The summed E-state index contributed by atoms with van der Waals surface area (Å²) in [6.07, 6.45) is 0.535. The molecule has 2 aromatic rings. The molecule has 0 aliphatic heterocycles. The van der Waals surface area contributed by atoms with Gasteiger partial charge in [-0.3, -0.25) is 15.6 Å². The zero-order valence-corrected chi connectivity index (χ0v) is 20.5. The fourth-order valence-corrected chi connectivity index (χ4v) is 2.93. The number of alkyl carbamates (subject to hydrolysis) is 1. The molecule has 184 valence electrons.